The van der Waals surface area contributed by atoms with Gasteiger partial charge in [0.25, 0.3) is 0 Å². The van der Waals surface area contributed by atoms with Crippen LogP contribution in [-0.2, 0) is 15.6 Å². The van der Waals surface area contributed by atoms with Crippen LogP contribution in [0.5, 0.6) is 0 Å². The summed E-state index contributed by atoms with van der Waals surface area (Å²) < 4.78 is 25.6. The Kier molecular flexibility index (Phi) is 4.70. The maximum atomic E-state index is 13.3. The van der Waals surface area contributed by atoms with Gasteiger partial charge in [-0.3, -0.25) is 9.00 Å². The third kappa shape index (κ3) is 3.88. The lowest BCUT2D eigenvalue weighted by atomic mass is 10.3. The number of anilines is 2. The van der Waals surface area contributed by atoms with E-state index in [1.165, 1.54) is 13.0 Å². The van der Waals surface area contributed by atoms with Crippen LogP contribution < -0.4 is 11.1 Å². The lowest BCUT2D eigenvalue weighted by Gasteiger charge is -2.12. The predicted octanol–water partition coefficient (Wildman–Crippen LogP) is 2.54. The molecule has 0 aliphatic rings. The van der Waals surface area contributed by atoms with Crippen LogP contribution >= 0.6 is 0 Å². The molecule has 110 valence electrons. The average Bonchev–Trinajstić information content (AvgIpc) is 2.45. The molecule has 0 bridgehead atoms. The average molecular weight is 306 g/mol. The molecule has 3 N–H and O–H groups in total. The third-order valence-corrected chi connectivity index (χ3v) is 4.41. The van der Waals surface area contributed by atoms with Gasteiger partial charge >= 0.3 is 0 Å². The lowest BCUT2D eigenvalue weighted by Crippen LogP contribution is -2.29. The van der Waals surface area contributed by atoms with Gasteiger partial charge in [0.15, 0.2) is 0 Å². The molecule has 2 unspecified atom stereocenters. The Morgan fingerprint density at radius 2 is 1.90 bits per heavy atom. The molecule has 0 radical (unpaired) electrons. The van der Waals surface area contributed by atoms with Gasteiger partial charge in [-0.2, -0.15) is 0 Å². The van der Waals surface area contributed by atoms with Crippen molar-refractivity contribution in [2.45, 2.75) is 17.1 Å². The topological polar surface area (TPSA) is 72.2 Å². The molecule has 0 aromatic heterocycles. The summed E-state index contributed by atoms with van der Waals surface area (Å²) in [5.41, 5.74) is 6.31. The molecule has 0 aliphatic heterocycles. The Balaban J connectivity index is 2.13. The Morgan fingerprint density at radius 1 is 1.24 bits per heavy atom. The molecule has 0 aliphatic carbocycles. The van der Waals surface area contributed by atoms with Crippen LogP contribution in [0.2, 0.25) is 0 Å². The van der Waals surface area contributed by atoms with E-state index < -0.39 is 27.8 Å². The van der Waals surface area contributed by atoms with Gasteiger partial charge in [0.2, 0.25) is 5.91 Å². The van der Waals surface area contributed by atoms with Crippen molar-refractivity contribution in [3.05, 3.63) is 54.3 Å². The molecule has 6 heteroatoms. The molecule has 0 fully saturated rings. The van der Waals surface area contributed by atoms with Crippen LogP contribution in [0, 0.1) is 5.82 Å². The fraction of sp³-hybridized carbons (Fsp3) is 0.133. The first-order chi connectivity index (χ1) is 9.97. The van der Waals surface area contributed by atoms with Crippen LogP contribution in [0.3, 0.4) is 0 Å². The molecule has 2 atom stereocenters. The largest absolute Gasteiger partial charge is 0.399 e. The fourth-order valence-electron chi connectivity index (χ4n) is 1.77. The van der Waals surface area contributed by atoms with E-state index in [1.54, 1.807) is 24.3 Å². The highest BCUT2D eigenvalue weighted by atomic mass is 32.2. The van der Waals surface area contributed by atoms with E-state index in [0.29, 0.717) is 5.69 Å². The Bertz CT molecular complexity index is 656. The summed E-state index contributed by atoms with van der Waals surface area (Å²) in [6.45, 7) is 1.52. The number of nitrogens with two attached hydrogens (primary N) is 1. The van der Waals surface area contributed by atoms with E-state index in [4.69, 9.17) is 5.73 Å². The Hall–Kier alpha value is -2.21. The Morgan fingerprint density at radius 3 is 2.52 bits per heavy atom. The zero-order valence-corrected chi connectivity index (χ0v) is 12.2. The van der Waals surface area contributed by atoms with Gasteiger partial charge in [-0.25, -0.2) is 4.39 Å². The molecule has 2 aromatic rings. The van der Waals surface area contributed by atoms with Crippen molar-refractivity contribution < 1.29 is 13.4 Å². The molecule has 0 heterocycles. The van der Waals surface area contributed by atoms with Crippen LogP contribution in [-0.4, -0.2) is 15.4 Å². The second-order valence-electron chi connectivity index (χ2n) is 4.52. The van der Waals surface area contributed by atoms with Crippen LogP contribution in [0.4, 0.5) is 15.8 Å². The highest BCUT2D eigenvalue weighted by Gasteiger charge is 2.22. The second-order valence-corrected chi connectivity index (χ2v) is 6.29. The third-order valence-electron chi connectivity index (χ3n) is 2.86. The van der Waals surface area contributed by atoms with Crippen molar-refractivity contribution in [1.29, 1.82) is 0 Å². The summed E-state index contributed by atoms with van der Waals surface area (Å²) in [6, 6.07) is 12.5. The molecule has 0 saturated heterocycles. The van der Waals surface area contributed by atoms with Crippen molar-refractivity contribution in [3.63, 3.8) is 0 Å². The van der Waals surface area contributed by atoms with Gasteiger partial charge in [-0.1, -0.05) is 18.2 Å². The smallest absolute Gasteiger partial charge is 0.240 e. The molecule has 21 heavy (non-hydrogen) atoms. The van der Waals surface area contributed by atoms with E-state index in [1.807, 2.05) is 6.07 Å². The van der Waals surface area contributed by atoms with Crippen LogP contribution in [0.25, 0.3) is 0 Å². The summed E-state index contributed by atoms with van der Waals surface area (Å²) in [5, 5.41) is 1.84. The van der Waals surface area contributed by atoms with Gasteiger partial charge in [-0.15, -0.1) is 0 Å². The van der Waals surface area contributed by atoms with E-state index in [2.05, 4.69) is 5.32 Å². The van der Waals surface area contributed by atoms with Crippen molar-refractivity contribution in [2.24, 2.45) is 0 Å². The number of benzene rings is 2. The number of hydrogen-bond acceptors (Lipinski definition) is 3. The fourth-order valence-corrected chi connectivity index (χ4v) is 2.91. The van der Waals surface area contributed by atoms with Crippen molar-refractivity contribution >= 4 is 28.1 Å². The predicted molar refractivity (Wildman–Crippen MR) is 81.8 cm³/mol. The number of carbonyl (C=O) groups is 1. The summed E-state index contributed by atoms with van der Waals surface area (Å²) in [7, 11) is -1.68. The zero-order valence-electron chi connectivity index (χ0n) is 11.4. The lowest BCUT2D eigenvalue weighted by molar-refractivity contribution is -0.115. The SMILES string of the molecule is CC(C(=O)Nc1ccccc1)S(=O)c1cc(N)cc(F)c1. The molecule has 0 spiro atoms. The monoisotopic (exact) mass is 306 g/mol. The first-order valence-electron chi connectivity index (χ1n) is 6.30. The van der Waals surface area contributed by atoms with E-state index in [9.17, 15) is 13.4 Å². The molecule has 4 nitrogen and oxygen atoms in total. The minimum Gasteiger partial charge on any atom is -0.399 e. The highest BCUT2D eigenvalue weighted by Crippen LogP contribution is 2.18. The number of amides is 1. The standard InChI is InChI=1S/C15H15FN2O2S/c1-10(15(19)18-13-5-3-2-4-6-13)21(20)14-8-11(16)7-12(17)9-14/h2-10H,17H2,1H3,(H,18,19). The first kappa shape index (κ1) is 15.2. The molecule has 1 amide bonds. The molecule has 2 rings (SSSR count). The summed E-state index contributed by atoms with van der Waals surface area (Å²) in [6.07, 6.45) is 0. The Labute approximate surface area is 124 Å². The molecule has 0 saturated carbocycles. The highest BCUT2D eigenvalue weighted by molar-refractivity contribution is 7.86. The first-order valence-corrected chi connectivity index (χ1v) is 7.51. The number of nitrogen functional groups attached to an aromatic ring is 1. The molecular weight excluding hydrogens is 291 g/mol. The van der Waals surface area contributed by atoms with Gasteiger partial charge in [0.1, 0.15) is 11.1 Å². The summed E-state index contributed by atoms with van der Waals surface area (Å²) in [5.74, 6) is -0.976. The van der Waals surface area contributed by atoms with Crippen molar-refractivity contribution in [3.8, 4) is 0 Å². The van der Waals surface area contributed by atoms with Gasteiger partial charge in [0.05, 0.1) is 10.8 Å². The maximum absolute atomic E-state index is 13.3. The molecular formula is C15H15FN2O2S. The number of rotatable bonds is 4. The van der Waals surface area contributed by atoms with Crippen LogP contribution in [0.1, 0.15) is 6.92 Å². The number of hydrogen-bond donors (Lipinski definition) is 2. The van der Waals surface area contributed by atoms with E-state index >= 15 is 0 Å². The van der Waals surface area contributed by atoms with Crippen molar-refractivity contribution in [2.75, 3.05) is 11.1 Å². The maximum Gasteiger partial charge on any atom is 0.240 e. The van der Waals surface area contributed by atoms with E-state index in [0.717, 1.165) is 12.1 Å². The quantitative estimate of drug-likeness (QED) is 0.853. The number of halogens is 1. The van der Waals surface area contributed by atoms with Gasteiger partial charge in [-0.05, 0) is 37.3 Å². The zero-order chi connectivity index (χ0) is 15.4. The summed E-state index contributed by atoms with van der Waals surface area (Å²) >= 11 is 0. The normalized spacial score (nSPS) is 13.4. The number of carbonyl (C=O) groups excluding carboxylic acids is 1. The minimum absolute atomic E-state index is 0.175. The second kappa shape index (κ2) is 6.49. The number of nitrogens with one attached hydrogen (secondary N) is 1. The number of para-hydroxylation sites is 1. The van der Waals surface area contributed by atoms with Gasteiger partial charge < -0.3 is 11.1 Å². The van der Waals surface area contributed by atoms with Gasteiger partial charge in [0, 0.05) is 16.3 Å². The van der Waals surface area contributed by atoms with Crippen LogP contribution in [0.15, 0.2) is 53.4 Å². The van der Waals surface area contributed by atoms with E-state index in [-0.39, 0.29) is 10.6 Å². The summed E-state index contributed by atoms with van der Waals surface area (Å²) in [4.78, 5) is 12.3. The minimum atomic E-state index is -1.68. The molecule has 2 aromatic carbocycles. The van der Waals surface area contributed by atoms with Crippen molar-refractivity contribution in [1.82, 2.24) is 0 Å².